The lowest BCUT2D eigenvalue weighted by atomic mass is 10.5. The predicted octanol–water partition coefficient (Wildman–Crippen LogP) is 0.130. The van der Waals surface area contributed by atoms with Crippen LogP contribution in [0.25, 0.3) is 0 Å². The summed E-state index contributed by atoms with van der Waals surface area (Å²) >= 11 is 10.9. The van der Waals surface area contributed by atoms with Gasteiger partial charge in [0.1, 0.15) is 10.5 Å². The maximum absolute atomic E-state index is 5.53. The van der Waals surface area contributed by atoms with E-state index in [1.807, 2.05) is 0 Å². The van der Waals surface area contributed by atoms with Gasteiger partial charge in [0.15, 0.2) is 0 Å². The van der Waals surface area contributed by atoms with Gasteiger partial charge in [-0.25, -0.2) is 0 Å². The van der Waals surface area contributed by atoms with Crippen LogP contribution in [0.5, 0.6) is 0 Å². The van der Waals surface area contributed by atoms with Gasteiger partial charge in [0.25, 0.3) is 0 Å². The van der Waals surface area contributed by atoms with Crippen molar-refractivity contribution < 1.29 is 4.43 Å². The van der Waals surface area contributed by atoms with Crippen molar-refractivity contribution in [2.45, 2.75) is 5.38 Å². The van der Waals surface area contributed by atoms with E-state index in [1.165, 1.54) is 0 Å². The minimum atomic E-state index is -0.000772. The third kappa shape index (κ3) is 4.61. The Balaban J connectivity index is 2.83. The molecule has 0 aromatic carbocycles. The zero-order chi connectivity index (χ0) is 5.70. The smallest absolute Gasteiger partial charge is 0.146 e. The quantitative estimate of drug-likeness (QED) is 0.420. The van der Waals surface area contributed by atoms with Crippen LogP contribution in [0.4, 0.5) is 0 Å². The molecule has 0 aliphatic rings. The summed E-state index contributed by atoms with van der Waals surface area (Å²) < 4.78 is 4.82. The van der Waals surface area contributed by atoms with E-state index in [4.69, 9.17) is 27.6 Å². The van der Waals surface area contributed by atoms with Gasteiger partial charge in [-0.05, 0) is 0 Å². The zero-order valence-electron chi connectivity index (χ0n) is 4.16. The Morgan fingerprint density at radius 2 is 2.29 bits per heavy atom. The average molecular weight is 159 g/mol. The van der Waals surface area contributed by atoms with E-state index in [0.717, 1.165) is 10.5 Å². The van der Waals surface area contributed by atoms with Gasteiger partial charge >= 0.3 is 0 Å². The fourth-order valence-electron chi connectivity index (χ4n) is 0.225. The van der Waals surface area contributed by atoms with Crippen molar-refractivity contribution in [1.29, 1.82) is 0 Å². The van der Waals surface area contributed by atoms with Crippen molar-refractivity contribution in [2.75, 3.05) is 12.5 Å². The van der Waals surface area contributed by atoms with Crippen LogP contribution in [-0.4, -0.2) is 28.3 Å². The molecular weight excluding hydrogens is 151 g/mol. The number of hydrogen-bond acceptors (Lipinski definition) is 1. The maximum atomic E-state index is 5.53. The van der Waals surface area contributed by atoms with E-state index in [-0.39, 0.29) is 5.38 Å². The highest BCUT2D eigenvalue weighted by Gasteiger charge is 1.97. The number of rotatable bonds is 3. The lowest BCUT2D eigenvalue weighted by Gasteiger charge is -2.00. The van der Waals surface area contributed by atoms with Crippen LogP contribution in [0.3, 0.4) is 0 Å². The number of halogens is 2. The molecule has 0 aromatic heterocycles. The van der Waals surface area contributed by atoms with E-state index in [0.29, 0.717) is 12.5 Å². The molecule has 1 atom stereocenters. The standard InChI is InChI=1S/C3H8Cl2OSi/c4-1-3(5)2-6-7/h3H,1-2H2,7H3. The second-order valence-electron chi connectivity index (χ2n) is 1.21. The summed E-state index contributed by atoms with van der Waals surface area (Å²) in [5.41, 5.74) is 0. The van der Waals surface area contributed by atoms with Gasteiger partial charge in [-0.2, -0.15) is 0 Å². The van der Waals surface area contributed by atoms with Gasteiger partial charge in [-0.15, -0.1) is 23.2 Å². The Morgan fingerprint density at radius 1 is 1.71 bits per heavy atom. The highest BCUT2D eigenvalue weighted by atomic mass is 35.5. The first-order valence-electron chi connectivity index (χ1n) is 2.00. The molecule has 0 amide bonds. The lowest BCUT2D eigenvalue weighted by molar-refractivity contribution is 0.353. The first-order valence-corrected chi connectivity index (χ1v) is 3.79. The predicted molar refractivity (Wildman–Crippen MR) is 36.3 cm³/mol. The summed E-state index contributed by atoms with van der Waals surface area (Å²) in [7, 11) is 0.748. The Morgan fingerprint density at radius 3 is 2.43 bits per heavy atom. The number of hydrogen-bond donors (Lipinski definition) is 0. The van der Waals surface area contributed by atoms with Gasteiger partial charge in [0, 0.05) is 5.88 Å². The van der Waals surface area contributed by atoms with E-state index >= 15 is 0 Å². The van der Waals surface area contributed by atoms with E-state index in [9.17, 15) is 0 Å². The molecule has 0 saturated heterocycles. The first kappa shape index (κ1) is 7.76. The van der Waals surface area contributed by atoms with E-state index in [2.05, 4.69) is 0 Å². The minimum Gasteiger partial charge on any atom is -0.426 e. The summed E-state index contributed by atoms with van der Waals surface area (Å²) in [4.78, 5) is 0. The minimum absolute atomic E-state index is 0.000772. The zero-order valence-corrected chi connectivity index (χ0v) is 7.67. The fourth-order valence-corrected chi connectivity index (χ4v) is 1.05. The van der Waals surface area contributed by atoms with Crippen LogP contribution < -0.4 is 0 Å². The Kier molecular flexibility index (Phi) is 5.44. The van der Waals surface area contributed by atoms with Gasteiger partial charge in [0.05, 0.1) is 12.0 Å². The second-order valence-corrected chi connectivity index (χ2v) is 2.71. The summed E-state index contributed by atoms with van der Waals surface area (Å²) in [5, 5.41) is -0.000772. The van der Waals surface area contributed by atoms with Crippen molar-refractivity contribution in [3.8, 4) is 0 Å². The largest absolute Gasteiger partial charge is 0.426 e. The van der Waals surface area contributed by atoms with Crippen molar-refractivity contribution in [3.05, 3.63) is 0 Å². The molecular formula is C3H8Cl2OSi. The molecule has 0 spiro atoms. The number of alkyl halides is 2. The highest BCUT2D eigenvalue weighted by Crippen LogP contribution is 1.96. The fraction of sp³-hybridized carbons (Fsp3) is 1.00. The van der Waals surface area contributed by atoms with Crippen LogP contribution in [-0.2, 0) is 4.43 Å². The molecule has 0 saturated carbocycles. The van der Waals surface area contributed by atoms with E-state index in [1.54, 1.807) is 0 Å². The molecule has 0 heterocycles. The van der Waals surface area contributed by atoms with Crippen LogP contribution in [0.15, 0.2) is 0 Å². The normalized spacial score (nSPS) is 14.6. The molecule has 1 unspecified atom stereocenters. The molecule has 1 nitrogen and oxygen atoms in total. The molecule has 0 N–H and O–H groups in total. The Labute approximate surface area is 56.5 Å². The van der Waals surface area contributed by atoms with Crippen LogP contribution in [0.2, 0.25) is 0 Å². The van der Waals surface area contributed by atoms with Crippen molar-refractivity contribution >= 4 is 33.7 Å². The summed E-state index contributed by atoms with van der Waals surface area (Å²) in [6, 6.07) is 0. The molecule has 0 bridgehead atoms. The van der Waals surface area contributed by atoms with Gasteiger partial charge in [0.2, 0.25) is 0 Å². The third-order valence-corrected chi connectivity index (χ3v) is 1.66. The monoisotopic (exact) mass is 158 g/mol. The first-order chi connectivity index (χ1) is 3.31. The molecule has 0 aromatic rings. The summed E-state index contributed by atoms with van der Waals surface area (Å²) in [5.74, 6) is 0.476. The summed E-state index contributed by atoms with van der Waals surface area (Å²) in [6.07, 6.45) is 0. The summed E-state index contributed by atoms with van der Waals surface area (Å²) in [6.45, 7) is 0.595. The maximum Gasteiger partial charge on any atom is 0.146 e. The second kappa shape index (κ2) is 4.90. The molecule has 0 fully saturated rings. The van der Waals surface area contributed by atoms with Crippen molar-refractivity contribution in [1.82, 2.24) is 0 Å². The van der Waals surface area contributed by atoms with E-state index < -0.39 is 0 Å². The van der Waals surface area contributed by atoms with Crippen LogP contribution in [0, 0.1) is 0 Å². The van der Waals surface area contributed by atoms with Gasteiger partial charge < -0.3 is 4.43 Å². The SMILES string of the molecule is [SiH3]OCC(Cl)CCl. The van der Waals surface area contributed by atoms with Crippen LogP contribution in [0.1, 0.15) is 0 Å². The van der Waals surface area contributed by atoms with Crippen LogP contribution >= 0.6 is 23.2 Å². The third-order valence-electron chi connectivity index (χ3n) is 0.515. The lowest BCUT2D eigenvalue weighted by Crippen LogP contribution is -2.08. The van der Waals surface area contributed by atoms with Gasteiger partial charge in [-0.3, -0.25) is 0 Å². The molecule has 0 radical (unpaired) electrons. The molecule has 4 heteroatoms. The molecule has 0 aliphatic heterocycles. The molecule has 0 aliphatic carbocycles. The average Bonchev–Trinajstić information content (AvgIpc) is 1.68. The topological polar surface area (TPSA) is 9.23 Å². The van der Waals surface area contributed by atoms with Gasteiger partial charge in [-0.1, -0.05) is 0 Å². The van der Waals surface area contributed by atoms with Crippen molar-refractivity contribution in [3.63, 3.8) is 0 Å². The Hall–Kier alpha value is 0.757. The molecule has 7 heavy (non-hydrogen) atoms. The van der Waals surface area contributed by atoms with Crippen molar-refractivity contribution in [2.24, 2.45) is 0 Å². The Bertz CT molecular complexity index is 43.9. The highest BCUT2D eigenvalue weighted by molar-refractivity contribution is 6.28. The molecule has 44 valence electrons. The molecule has 0 rings (SSSR count).